The Hall–Kier alpha value is -1.55. The summed E-state index contributed by atoms with van der Waals surface area (Å²) in [5, 5.41) is 0.486. The maximum absolute atomic E-state index is 11.9. The summed E-state index contributed by atoms with van der Waals surface area (Å²) in [7, 11) is 1.54. The van der Waals surface area contributed by atoms with Crippen molar-refractivity contribution in [1.29, 1.82) is 0 Å². The van der Waals surface area contributed by atoms with Gasteiger partial charge in [0, 0.05) is 17.6 Å². The lowest BCUT2D eigenvalue weighted by Gasteiger charge is -2.16. The molecule has 5 heteroatoms. The molecule has 0 aromatic heterocycles. The van der Waals surface area contributed by atoms with Crippen LogP contribution < -0.4 is 0 Å². The number of halogens is 1. The molecule has 0 bridgehead atoms. The first-order valence-electron chi connectivity index (χ1n) is 5.21. The lowest BCUT2D eigenvalue weighted by atomic mass is 10.2. The van der Waals surface area contributed by atoms with Gasteiger partial charge in [-0.3, -0.25) is 9.59 Å². The zero-order valence-electron chi connectivity index (χ0n) is 9.77. The van der Waals surface area contributed by atoms with E-state index in [-0.39, 0.29) is 12.5 Å². The molecule has 1 aromatic rings. The normalized spacial score (nSPS) is 9.82. The maximum Gasteiger partial charge on any atom is 0.325 e. The smallest absolute Gasteiger partial charge is 0.325 e. The monoisotopic (exact) mass is 255 g/mol. The second-order valence-electron chi connectivity index (χ2n) is 3.48. The summed E-state index contributed by atoms with van der Waals surface area (Å²) < 4.78 is 4.76. The average Bonchev–Trinajstić information content (AvgIpc) is 2.28. The highest BCUT2D eigenvalue weighted by atomic mass is 35.5. The molecule has 0 aliphatic carbocycles. The molecule has 0 saturated carbocycles. The van der Waals surface area contributed by atoms with E-state index < -0.39 is 5.97 Å². The van der Waals surface area contributed by atoms with Crippen molar-refractivity contribution >= 4 is 23.5 Å². The molecule has 0 heterocycles. The highest BCUT2D eigenvalue weighted by Gasteiger charge is 2.15. The number of benzene rings is 1. The Morgan fingerprint density at radius 1 is 1.41 bits per heavy atom. The molecule has 0 radical (unpaired) electrons. The molecule has 92 valence electrons. The molecule has 17 heavy (non-hydrogen) atoms. The third-order valence-corrected chi connectivity index (χ3v) is 2.32. The van der Waals surface area contributed by atoms with Crippen molar-refractivity contribution in [3.05, 3.63) is 34.9 Å². The van der Waals surface area contributed by atoms with Crippen molar-refractivity contribution in [2.24, 2.45) is 0 Å². The van der Waals surface area contributed by atoms with Crippen LogP contribution in [-0.2, 0) is 9.53 Å². The van der Waals surface area contributed by atoms with Gasteiger partial charge in [-0.2, -0.15) is 0 Å². The minimum absolute atomic E-state index is 0.0703. The number of amides is 1. The zero-order chi connectivity index (χ0) is 12.8. The van der Waals surface area contributed by atoms with Crippen LogP contribution in [0.3, 0.4) is 0 Å². The summed E-state index contributed by atoms with van der Waals surface area (Å²) in [5.74, 6) is -0.689. The summed E-state index contributed by atoms with van der Waals surface area (Å²) in [4.78, 5) is 24.4. The SMILES string of the molecule is CCOC(=O)CN(C)C(=O)c1cccc(Cl)c1. The van der Waals surface area contributed by atoms with Crippen LogP contribution >= 0.6 is 11.6 Å². The minimum Gasteiger partial charge on any atom is -0.465 e. The van der Waals surface area contributed by atoms with Crippen molar-refractivity contribution in [1.82, 2.24) is 4.90 Å². The molecule has 0 spiro atoms. The number of likely N-dealkylation sites (N-methyl/N-ethyl adjacent to an activating group) is 1. The van der Waals surface area contributed by atoms with E-state index in [9.17, 15) is 9.59 Å². The highest BCUT2D eigenvalue weighted by molar-refractivity contribution is 6.30. The Morgan fingerprint density at radius 2 is 2.12 bits per heavy atom. The molecular weight excluding hydrogens is 242 g/mol. The fraction of sp³-hybridized carbons (Fsp3) is 0.333. The molecule has 0 saturated heterocycles. The summed E-state index contributed by atoms with van der Waals surface area (Å²) in [6.07, 6.45) is 0. The van der Waals surface area contributed by atoms with Crippen LogP contribution in [0.1, 0.15) is 17.3 Å². The standard InChI is InChI=1S/C12H14ClNO3/c1-3-17-11(15)8-14(2)12(16)9-5-4-6-10(13)7-9/h4-7H,3,8H2,1-2H3. The van der Waals surface area contributed by atoms with Gasteiger partial charge in [0.2, 0.25) is 0 Å². The number of carbonyl (C=O) groups is 2. The molecule has 4 nitrogen and oxygen atoms in total. The van der Waals surface area contributed by atoms with E-state index >= 15 is 0 Å². The first-order valence-corrected chi connectivity index (χ1v) is 5.59. The van der Waals surface area contributed by atoms with E-state index in [2.05, 4.69) is 0 Å². The molecule has 1 rings (SSSR count). The fourth-order valence-corrected chi connectivity index (χ4v) is 1.50. The van der Waals surface area contributed by atoms with Crippen LogP contribution in [0.4, 0.5) is 0 Å². The quantitative estimate of drug-likeness (QED) is 0.773. The zero-order valence-corrected chi connectivity index (χ0v) is 10.5. The van der Waals surface area contributed by atoms with Crippen LogP contribution in [0.2, 0.25) is 5.02 Å². The molecule has 0 fully saturated rings. The van der Waals surface area contributed by atoms with Gasteiger partial charge in [0.15, 0.2) is 0 Å². The fourth-order valence-electron chi connectivity index (χ4n) is 1.31. The van der Waals surface area contributed by atoms with Gasteiger partial charge in [-0.05, 0) is 25.1 Å². The molecule has 1 amide bonds. The molecule has 1 aromatic carbocycles. The lowest BCUT2D eigenvalue weighted by molar-refractivity contribution is -0.143. The maximum atomic E-state index is 11.9. The van der Waals surface area contributed by atoms with Gasteiger partial charge in [-0.1, -0.05) is 17.7 Å². The first kappa shape index (κ1) is 13.5. The topological polar surface area (TPSA) is 46.6 Å². The van der Waals surface area contributed by atoms with Gasteiger partial charge >= 0.3 is 5.97 Å². The Bertz CT molecular complexity index is 420. The molecule has 0 aliphatic rings. The van der Waals surface area contributed by atoms with Gasteiger partial charge in [0.1, 0.15) is 6.54 Å². The Morgan fingerprint density at radius 3 is 2.71 bits per heavy atom. The van der Waals surface area contributed by atoms with E-state index in [0.717, 1.165) is 0 Å². The minimum atomic E-state index is -0.426. The van der Waals surface area contributed by atoms with Gasteiger partial charge in [-0.25, -0.2) is 0 Å². The molecule has 0 unspecified atom stereocenters. The summed E-state index contributed by atoms with van der Waals surface area (Å²) >= 11 is 5.79. The summed E-state index contributed by atoms with van der Waals surface area (Å²) in [5.41, 5.74) is 0.448. The molecule has 0 atom stereocenters. The van der Waals surface area contributed by atoms with Crippen LogP contribution in [0.25, 0.3) is 0 Å². The predicted molar refractivity (Wildman–Crippen MR) is 65.0 cm³/mol. The second-order valence-corrected chi connectivity index (χ2v) is 3.91. The van der Waals surface area contributed by atoms with Crippen molar-refractivity contribution in [3.63, 3.8) is 0 Å². The third kappa shape index (κ3) is 4.07. The Kier molecular flexibility index (Phi) is 4.97. The Balaban J connectivity index is 2.67. The molecule has 0 N–H and O–H groups in total. The van der Waals surface area contributed by atoms with Crippen LogP contribution in [0.5, 0.6) is 0 Å². The van der Waals surface area contributed by atoms with E-state index in [1.54, 1.807) is 38.2 Å². The van der Waals surface area contributed by atoms with Crippen molar-refractivity contribution in [3.8, 4) is 0 Å². The van der Waals surface area contributed by atoms with E-state index in [1.807, 2.05) is 0 Å². The van der Waals surface area contributed by atoms with Crippen LogP contribution in [-0.4, -0.2) is 37.0 Å². The number of carbonyl (C=O) groups excluding carboxylic acids is 2. The van der Waals surface area contributed by atoms with E-state index in [4.69, 9.17) is 16.3 Å². The highest BCUT2D eigenvalue weighted by Crippen LogP contribution is 2.12. The van der Waals surface area contributed by atoms with Crippen molar-refractivity contribution < 1.29 is 14.3 Å². The van der Waals surface area contributed by atoms with Crippen molar-refractivity contribution in [2.45, 2.75) is 6.92 Å². The van der Waals surface area contributed by atoms with Gasteiger partial charge in [-0.15, -0.1) is 0 Å². The third-order valence-electron chi connectivity index (χ3n) is 2.09. The number of rotatable bonds is 4. The lowest BCUT2D eigenvalue weighted by Crippen LogP contribution is -2.33. The number of hydrogen-bond donors (Lipinski definition) is 0. The van der Waals surface area contributed by atoms with Gasteiger partial charge in [0.05, 0.1) is 6.61 Å². The van der Waals surface area contributed by atoms with Crippen molar-refractivity contribution in [2.75, 3.05) is 20.2 Å². The molecular formula is C12H14ClNO3. The predicted octanol–water partition coefficient (Wildman–Crippen LogP) is 1.98. The second kappa shape index (κ2) is 6.25. The van der Waals surface area contributed by atoms with E-state index in [1.165, 1.54) is 4.90 Å². The van der Waals surface area contributed by atoms with Crippen LogP contribution in [0, 0.1) is 0 Å². The largest absolute Gasteiger partial charge is 0.465 e. The number of ether oxygens (including phenoxy) is 1. The van der Waals surface area contributed by atoms with Gasteiger partial charge < -0.3 is 9.64 Å². The summed E-state index contributed by atoms with van der Waals surface area (Å²) in [6, 6.07) is 6.58. The van der Waals surface area contributed by atoms with Crippen LogP contribution in [0.15, 0.2) is 24.3 Å². The number of hydrogen-bond acceptors (Lipinski definition) is 3. The number of nitrogens with zero attached hydrogens (tertiary/aromatic N) is 1. The Labute approximate surface area is 105 Å². The number of esters is 1. The van der Waals surface area contributed by atoms with E-state index in [0.29, 0.717) is 17.2 Å². The molecule has 0 aliphatic heterocycles. The first-order chi connectivity index (χ1) is 8.04. The summed E-state index contributed by atoms with van der Waals surface area (Å²) in [6.45, 7) is 1.95. The van der Waals surface area contributed by atoms with Gasteiger partial charge in [0.25, 0.3) is 5.91 Å². The average molecular weight is 256 g/mol.